The molecule has 1 amide bonds. The molecule has 2 N–H and O–H groups in total. The molecule has 1 aliphatic carbocycles. The Morgan fingerprint density at radius 3 is 2.51 bits per heavy atom. The third-order valence-electron chi connectivity index (χ3n) is 6.86. The van der Waals surface area contributed by atoms with Crippen molar-refractivity contribution in [2.24, 2.45) is 11.8 Å². The Hall–Kier alpha value is -1.91. The first-order valence-corrected chi connectivity index (χ1v) is 12.6. The molecule has 1 aromatic heterocycles. The van der Waals surface area contributed by atoms with Crippen molar-refractivity contribution in [2.45, 2.75) is 70.8 Å². The van der Waals surface area contributed by atoms with Crippen LogP contribution in [0.4, 0.5) is 19.0 Å². The lowest BCUT2D eigenvalue weighted by Gasteiger charge is -2.37. The summed E-state index contributed by atoms with van der Waals surface area (Å²) in [5, 5.41) is 11.8. The van der Waals surface area contributed by atoms with E-state index in [1.54, 1.807) is 13.8 Å². The molecule has 198 valence electrons. The van der Waals surface area contributed by atoms with Gasteiger partial charge < -0.3 is 25.0 Å². The van der Waals surface area contributed by atoms with Gasteiger partial charge in [0.2, 0.25) is 5.91 Å². The van der Waals surface area contributed by atoms with Gasteiger partial charge in [-0.1, -0.05) is 6.92 Å². The summed E-state index contributed by atoms with van der Waals surface area (Å²) in [4.78, 5) is 20.8. The third kappa shape index (κ3) is 8.05. The number of aliphatic hydroxyl groups is 1. The molecular weight excluding hydrogens is 461 g/mol. The Balaban J connectivity index is 0.000000795. The molecule has 2 saturated heterocycles. The van der Waals surface area contributed by atoms with Crippen LogP contribution in [-0.2, 0) is 15.7 Å². The number of halogens is 3. The topological polar surface area (TPSA) is 77.9 Å². The lowest BCUT2D eigenvalue weighted by atomic mass is 9.96. The van der Waals surface area contributed by atoms with Crippen molar-refractivity contribution in [3.8, 4) is 0 Å². The minimum absolute atomic E-state index is 0.0332. The number of carbonyl (C=O) groups is 1. The number of pyridine rings is 1. The summed E-state index contributed by atoms with van der Waals surface area (Å²) in [6.07, 6.45) is 0.420. The van der Waals surface area contributed by atoms with Gasteiger partial charge in [0.05, 0.1) is 12.2 Å². The Bertz CT molecular complexity index is 813. The van der Waals surface area contributed by atoms with Crippen LogP contribution in [0.25, 0.3) is 0 Å². The van der Waals surface area contributed by atoms with Gasteiger partial charge >= 0.3 is 6.18 Å². The van der Waals surface area contributed by atoms with Gasteiger partial charge in [0.25, 0.3) is 0 Å². The van der Waals surface area contributed by atoms with Crippen molar-refractivity contribution in [3.05, 3.63) is 23.9 Å². The van der Waals surface area contributed by atoms with Gasteiger partial charge in [0, 0.05) is 63.1 Å². The number of ether oxygens (including phenoxy) is 1. The molecular formula is C25H39F3N4O3. The van der Waals surface area contributed by atoms with Gasteiger partial charge in [-0.05, 0) is 57.6 Å². The van der Waals surface area contributed by atoms with E-state index in [0.717, 1.165) is 51.0 Å². The third-order valence-corrected chi connectivity index (χ3v) is 6.86. The number of aromatic nitrogens is 1. The highest BCUT2D eigenvalue weighted by Gasteiger charge is 2.36. The zero-order valence-corrected chi connectivity index (χ0v) is 20.9. The number of hydrogen-bond acceptors (Lipinski definition) is 6. The number of hydrogen-bond donors (Lipinski definition) is 2. The second-order valence-electron chi connectivity index (χ2n) is 10.1. The summed E-state index contributed by atoms with van der Waals surface area (Å²) in [7, 11) is 0. The summed E-state index contributed by atoms with van der Waals surface area (Å²) in [5.41, 5.74) is -0.695. The van der Waals surface area contributed by atoms with Gasteiger partial charge in [-0.3, -0.25) is 4.79 Å². The molecule has 4 atom stereocenters. The van der Waals surface area contributed by atoms with E-state index in [-0.39, 0.29) is 17.9 Å². The average Bonchev–Trinajstić information content (AvgIpc) is 3.28. The zero-order valence-electron chi connectivity index (χ0n) is 20.9. The van der Waals surface area contributed by atoms with Crippen molar-refractivity contribution in [1.29, 1.82) is 0 Å². The summed E-state index contributed by atoms with van der Waals surface area (Å²) in [5.74, 6) is 1.02. The number of carbonyl (C=O) groups excluding carboxylic acids is 1. The van der Waals surface area contributed by atoms with Crippen molar-refractivity contribution in [3.63, 3.8) is 0 Å². The van der Waals surface area contributed by atoms with Gasteiger partial charge in [-0.25, -0.2) is 4.98 Å². The fourth-order valence-electron chi connectivity index (χ4n) is 4.97. The Morgan fingerprint density at radius 2 is 1.89 bits per heavy atom. The first-order valence-electron chi connectivity index (χ1n) is 12.6. The maximum absolute atomic E-state index is 13.0. The number of amides is 1. The van der Waals surface area contributed by atoms with Crippen LogP contribution in [0, 0.1) is 11.8 Å². The number of nitrogens with one attached hydrogen (secondary N) is 1. The highest BCUT2D eigenvalue weighted by molar-refractivity contribution is 5.79. The molecule has 4 rings (SSSR count). The number of anilines is 1. The second kappa shape index (κ2) is 12.4. The van der Waals surface area contributed by atoms with E-state index < -0.39 is 11.7 Å². The molecule has 1 saturated carbocycles. The van der Waals surface area contributed by atoms with Gasteiger partial charge in [-0.15, -0.1) is 0 Å². The number of alkyl halides is 3. The van der Waals surface area contributed by atoms with Crippen LogP contribution in [0.2, 0.25) is 0 Å². The molecule has 2 aliphatic heterocycles. The van der Waals surface area contributed by atoms with Crippen molar-refractivity contribution >= 4 is 11.7 Å². The molecule has 10 heteroatoms. The van der Waals surface area contributed by atoms with E-state index in [1.165, 1.54) is 6.20 Å². The maximum atomic E-state index is 13.0. The van der Waals surface area contributed by atoms with Crippen molar-refractivity contribution in [1.82, 2.24) is 15.2 Å². The number of rotatable bonds is 4. The highest BCUT2D eigenvalue weighted by Crippen LogP contribution is 2.32. The zero-order chi connectivity index (χ0) is 25.6. The molecule has 0 spiro atoms. The van der Waals surface area contributed by atoms with E-state index in [1.807, 2.05) is 9.80 Å². The van der Waals surface area contributed by atoms with Crippen LogP contribution < -0.4 is 10.2 Å². The van der Waals surface area contributed by atoms with Crippen LogP contribution in [0.1, 0.15) is 52.0 Å². The number of piperazine rings is 1. The molecule has 3 fully saturated rings. The molecule has 0 radical (unpaired) electrons. The highest BCUT2D eigenvalue weighted by atomic mass is 19.4. The van der Waals surface area contributed by atoms with Gasteiger partial charge in [0.1, 0.15) is 5.82 Å². The summed E-state index contributed by atoms with van der Waals surface area (Å²) < 4.78 is 44.4. The predicted octanol–water partition coefficient (Wildman–Crippen LogP) is 3.32. The van der Waals surface area contributed by atoms with E-state index in [4.69, 9.17) is 9.84 Å². The monoisotopic (exact) mass is 500 g/mol. The average molecular weight is 501 g/mol. The Morgan fingerprint density at radius 1 is 1.20 bits per heavy atom. The Kier molecular flexibility index (Phi) is 9.77. The largest absolute Gasteiger partial charge is 0.416 e. The van der Waals surface area contributed by atoms with E-state index in [9.17, 15) is 18.0 Å². The minimum atomic E-state index is -4.38. The molecule has 3 aliphatic rings. The molecule has 0 bridgehead atoms. The fourth-order valence-corrected chi connectivity index (χ4v) is 4.97. The van der Waals surface area contributed by atoms with E-state index >= 15 is 0 Å². The van der Waals surface area contributed by atoms with Crippen LogP contribution in [0.15, 0.2) is 18.3 Å². The van der Waals surface area contributed by atoms with Crippen LogP contribution >= 0.6 is 0 Å². The molecule has 0 aromatic carbocycles. The van der Waals surface area contributed by atoms with Crippen molar-refractivity contribution < 1.29 is 27.8 Å². The SMILES string of the molecule is CC(C)O.CC1COCCC1NC1CCC(C(=O)N2CCN(c3cc(C(F)(F)F)ccn3)CC2)C1. The lowest BCUT2D eigenvalue weighted by molar-refractivity contribution is -0.137. The quantitative estimate of drug-likeness (QED) is 0.661. The molecule has 1 aromatic rings. The molecule has 4 unspecified atom stereocenters. The number of aliphatic hydroxyl groups excluding tert-OH is 1. The van der Waals surface area contributed by atoms with Gasteiger partial charge in [-0.2, -0.15) is 13.2 Å². The normalized spacial score (nSPS) is 27.5. The van der Waals surface area contributed by atoms with Crippen molar-refractivity contribution in [2.75, 3.05) is 44.3 Å². The summed E-state index contributed by atoms with van der Waals surface area (Å²) in [6.45, 7) is 9.25. The summed E-state index contributed by atoms with van der Waals surface area (Å²) >= 11 is 0. The number of nitrogens with zero attached hydrogens (tertiary/aromatic N) is 3. The predicted molar refractivity (Wildman–Crippen MR) is 128 cm³/mol. The summed E-state index contributed by atoms with van der Waals surface area (Å²) in [6, 6.07) is 2.89. The lowest BCUT2D eigenvalue weighted by Crippen LogP contribution is -2.50. The maximum Gasteiger partial charge on any atom is 0.416 e. The molecule has 3 heterocycles. The fraction of sp³-hybridized carbons (Fsp3) is 0.760. The van der Waals surface area contributed by atoms with E-state index in [0.29, 0.717) is 50.0 Å². The minimum Gasteiger partial charge on any atom is -0.394 e. The molecule has 35 heavy (non-hydrogen) atoms. The smallest absolute Gasteiger partial charge is 0.394 e. The van der Waals surface area contributed by atoms with Crippen LogP contribution in [0.5, 0.6) is 0 Å². The first kappa shape index (κ1) is 27.7. The van der Waals surface area contributed by atoms with E-state index in [2.05, 4.69) is 17.2 Å². The Labute approximate surface area is 206 Å². The van der Waals surface area contributed by atoms with Gasteiger partial charge in [0.15, 0.2) is 0 Å². The molecule has 7 nitrogen and oxygen atoms in total. The van der Waals surface area contributed by atoms with Crippen LogP contribution in [0.3, 0.4) is 0 Å². The second-order valence-corrected chi connectivity index (χ2v) is 10.1. The van der Waals surface area contributed by atoms with Crippen LogP contribution in [-0.4, -0.2) is 78.5 Å². The first-order chi connectivity index (χ1) is 16.5. The standard InChI is InChI=1S/C22H31F3N4O2.C3H8O/c1-15-14-31-11-5-19(15)27-18-3-2-16(12-18)21(30)29-9-7-28(8-10-29)20-13-17(4-6-26-20)22(23,24)25;1-3(2)4/h4,6,13,15-16,18-19,27H,2-3,5,7-12,14H2,1H3;3-4H,1-2H3.